The van der Waals surface area contributed by atoms with Crippen LogP contribution in [0.1, 0.15) is 0 Å². The third kappa shape index (κ3) is 4.80. The average molecular weight is 211 g/mol. The Morgan fingerprint density at radius 2 is 2.00 bits per heavy atom. The molecule has 0 bridgehead atoms. The van der Waals surface area contributed by atoms with Crippen molar-refractivity contribution in [2.24, 2.45) is 0 Å². The molecule has 1 rings (SSSR count). The number of nitrogens with two attached hydrogens (primary N) is 1. The minimum atomic E-state index is 0.728. The third-order valence-electron chi connectivity index (χ3n) is 2.29. The van der Waals surface area contributed by atoms with Gasteiger partial charge in [-0.15, -0.1) is 0 Å². The molecule has 0 aliphatic carbocycles. The highest BCUT2D eigenvalue weighted by Crippen LogP contribution is 1.97. The highest BCUT2D eigenvalue weighted by molar-refractivity contribution is 5.30. The van der Waals surface area contributed by atoms with Crippen LogP contribution in [0.2, 0.25) is 0 Å². The summed E-state index contributed by atoms with van der Waals surface area (Å²) < 4.78 is 1.88. The van der Waals surface area contributed by atoms with Gasteiger partial charge in [0.2, 0.25) is 0 Å². The lowest BCUT2D eigenvalue weighted by Gasteiger charge is -2.18. The van der Waals surface area contributed by atoms with Gasteiger partial charge in [-0.3, -0.25) is 4.68 Å². The molecule has 5 heteroatoms. The summed E-state index contributed by atoms with van der Waals surface area (Å²) in [5, 5.41) is 4.14. The Hall–Kier alpha value is -1.07. The minimum absolute atomic E-state index is 0.728. The SMILES string of the molecule is CN(C)CCN(C)CCn1cc(N)cn1. The Balaban J connectivity index is 2.19. The summed E-state index contributed by atoms with van der Waals surface area (Å²) in [6.07, 6.45) is 3.54. The van der Waals surface area contributed by atoms with Crippen molar-refractivity contribution in [1.82, 2.24) is 19.6 Å². The molecule has 0 saturated heterocycles. The smallest absolute Gasteiger partial charge is 0.0719 e. The molecule has 1 aromatic heterocycles. The van der Waals surface area contributed by atoms with E-state index in [4.69, 9.17) is 5.73 Å². The molecule has 86 valence electrons. The summed E-state index contributed by atoms with van der Waals surface area (Å²) in [4.78, 5) is 4.47. The van der Waals surface area contributed by atoms with Gasteiger partial charge in [-0.2, -0.15) is 5.10 Å². The number of anilines is 1. The van der Waals surface area contributed by atoms with Gasteiger partial charge in [-0.05, 0) is 21.1 Å². The van der Waals surface area contributed by atoms with Gasteiger partial charge >= 0.3 is 0 Å². The number of likely N-dealkylation sites (N-methyl/N-ethyl adjacent to an activating group) is 2. The van der Waals surface area contributed by atoms with Crippen molar-refractivity contribution in [3.8, 4) is 0 Å². The summed E-state index contributed by atoms with van der Waals surface area (Å²) in [7, 11) is 6.29. The second-order valence-corrected chi connectivity index (χ2v) is 4.14. The molecule has 0 radical (unpaired) electrons. The van der Waals surface area contributed by atoms with Crippen LogP contribution < -0.4 is 5.73 Å². The second-order valence-electron chi connectivity index (χ2n) is 4.14. The molecule has 0 saturated carbocycles. The highest BCUT2D eigenvalue weighted by atomic mass is 15.3. The van der Waals surface area contributed by atoms with Crippen LogP contribution in [0.15, 0.2) is 12.4 Å². The maximum Gasteiger partial charge on any atom is 0.0719 e. The fourth-order valence-corrected chi connectivity index (χ4v) is 1.26. The molecular formula is C10H21N5. The van der Waals surface area contributed by atoms with Crippen LogP contribution in [-0.4, -0.2) is 60.4 Å². The zero-order valence-electron chi connectivity index (χ0n) is 9.85. The van der Waals surface area contributed by atoms with E-state index in [-0.39, 0.29) is 0 Å². The van der Waals surface area contributed by atoms with Crippen LogP contribution in [0.3, 0.4) is 0 Å². The van der Waals surface area contributed by atoms with Crippen molar-refractivity contribution in [3.05, 3.63) is 12.4 Å². The maximum atomic E-state index is 5.58. The number of nitrogen functional groups attached to an aromatic ring is 1. The van der Waals surface area contributed by atoms with E-state index < -0.39 is 0 Å². The molecule has 0 aliphatic rings. The first-order valence-electron chi connectivity index (χ1n) is 5.19. The van der Waals surface area contributed by atoms with E-state index in [1.807, 2.05) is 10.9 Å². The number of nitrogens with zero attached hydrogens (tertiary/aromatic N) is 4. The molecule has 2 N–H and O–H groups in total. The standard InChI is InChI=1S/C10H21N5/c1-13(2)4-5-14(3)6-7-15-9-10(11)8-12-15/h8-9H,4-7,11H2,1-3H3. The molecule has 0 unspecified atom stereocenters. The maximum absolute atomic E-state index is 5.58. The Bertz CT molecular complexity index is 281. The summed E-state index contributed by atoms with van der Waals surface area (Å²) in [5.41, 5.74) is 6.31. The Morgan fingerprint density at radius 1 is 1.27 bits per heavy atom. The number of rotatable bonds is 6. The minimum Gasteiger partial charge on any atom is -0.396 e. The van der Waals surface area contributed by atoms with Crippen molar-refractivity contribution >= 4 is 5.69 Å². The first-order chi connectivity index (χ1) is 7.08. The number of aromatic nitrogens is 2. The molecule has 1 aromatic rings. The van der Waals surface area contributed by atoms with E-state index in [1.165, 1.54) is 0 Å². The van der Waals surface area contributed by atoms with Gasteiger partial charge in [0.1, 0.15) is 0 Å². The molecule has 0 fully saturated rings. The van der Waals surface area contributed by atoms with E-state index in [0.29, 0.717) is 0 Å². The van der Waals surface area contributed by atoms with Crippen LogP contribution in [0.5, 0.6) is 0 Å². The number of hydrogen-bond donors (Lipinski definition) is 1. The fourth-order valence-electron chi connectivity index (χ4n) is 1.26. The molecular weight excluding hydrogens is 190 g/mol. The van der Waals surface area contributed by atoms with Gasteiger partial charge in [0.05, 0.1) is 18.4 Å². The van der Waals surface area contributed by atoms with Crippen LogP contribution in [0.4, 0.5) is 5.69 Å². The first-order valence-corrected chi connectivity index (χ1v) is 5.19. The summed E-state index contributed by atoms with van der Waals surface area (Å²) in [5.74, 6) is 0. The van der Waals surface area contributed by atoms with Gasteiger partial charge in [-0.25, -0.2) is 0 Å². The first kappa shape index (κ1) is 12.0. The lowest BCUT2D eigenvalue weighted by atomic mass is 10.5. The Labute approximate surface area is 91.5 Å². The van der Waals surface area contributed by atoms with E-state index in [1.54, 1.807) is 6.20 Å². The highest BCUT2D eigenvalue weighted by Gasteiger charge is 2.00. The second kappa shape index (κ2) is 5.72. The van der Waals surface area contributed by atoms with E-state index >= 15 is 0 Å². The third-order valence-corrected chi connectivity index (χ3v) is 2.29. The normalized spacial score (nSPS) is 11.5. The zero-order chi connectivity index (χ0) is 11.3. The van der Waals surface area contributed by atoms with Crippen molar-refractivity contribution in [1.29, 1.82) is 0 Å². The van der Waals surface area contributed by atoms with Crippen LogP contribution in [0.25, 0.3) is 0 Å². The topological polar surface area (TPSA) is 50.3 Å². The van der Waals surface area contributed by atoms with Crippen LogP contribution in [0, 0.1) is 0 Å². The summed E-state index contributed by atoms with van der Waals surface area (Å²) >= 11 is 0. The lowest BCUT2D eigenvalue weighted by molar-refractivity contribution is 0.270. The lowest BCUT2D eigenvalue weighted by Crippen LogP contribution is -2.31. The molecule has 5 nitrogen and oxygen atoms in total. The van der Waals surface area contributed by atoms with Crippen molar-refractivity contribution < 1.29 is 0 Å². The van der Waals surface area contributed by atoms with Gasteiger partial charge in [0.25, 0.3) is 0 Å². The summed E-state index contributed by atoms with van der Waals surface area (Å²) in [6.45, 7) is 4.04. The summed E-state index contributed by atoms with van der Waals surface area (Å²) in [6, 6.07) is 0. The largest absolute Gasteiger partial charge is 0.396 e. The quantitative estimate of drug-likeness (QED) is 0.717. The van der Waals surface area contributed by atoms with Crippen molar-refractivity contribution in [3.63, 3.8) is 0 Å². The van der Waals surface area contributed by atoms with E-state index in [2.05, 4.69) is 36.0 Å². The number of hydrogen-bond acceptors (Lipinski definition) is 4. The molecule has 15 heavy (non-hydrogen) atoms. The van der Waals surface area contributed by atoms with Gasteiger partial charge < -0.3 is 15.5 Å². The van der Waals surface area contributed by atoms with Crippen molar-refractivity contribution in [2.45, 2.75) is 6.54 Å². The fraction of sp³-hybridized carbons (Fsp3) is 0.700. The predicted molar refractivity (Wildman–Crippen MR) is 62.7 cm³/mol. The van der Waals surface area contributed by atoms with Gasteiger partial charge in [0, 0.05) is 25.8 Å². The monoisotopic (exact) mass is 211 g/mol. The van der Waals surface area contributed by atoms with Crippen LogP contribution in [-0.2, 0) is 6.54 Å². The van der Waals surface area contributed by atoms with E-state index in [9.17, 15) is 0 Å². The van der Waals surface area contributed by atoms with Gasteiger partial charge in [-0.1, -0.05) is 0 Å². The van der Waals surface area contributed by atoms with Crippen molar-refractivity contribution in [2.75, 3.05) is 46.5 Å². The molecule has 0 spiro atoms. The zero-order valence-corrected chi connectivity index (χ0v) is 9.85. The molecule has 0 aliphatic heterocycles. The predicted octanol–water partition coefficient (Wildman–Crippen LogP) is -0.0413. The van der Waals surface area contributed by atoms with Crippen LogP contribution >= 0.6 is 0 Å². The average Bonchev–Trinajstić information content (AvgIpc) is 2.58. The molecule has 0 atom stereocenters. The van der Waals surface area contributed by atoms with E-state index in [0.717, 1.165) is 31.9 Å². The molecule has 0 aromatic carbocycles. The van der Waals surface area contributed by atoms with Gasteiger partial charge in [0.15, 0.2) is 0 Å². The molecule has 0 amide bonds. The molecule has 1 heterocycles. The Morgan fingerprint density at radius 3 is 2.53 bits per heavy atom. The Kier molecular flexibility index (Phi) is 4.58.